The van der Waals surface area contributed by atoms with Gasteiger partial charge in [-0.3, -0.25) is 4.79 Å². The van der Waals surface area contributed by atoms with E-state index in [0.717, 1.165) is 16.9 Å². The van der Waals surface area contributed by atoms with Crippen molar-refractivity contribution in [1.82, 2.24) is 5.32 Å². The van der Waals surface area contributed by atoms with Crippen LogP contribution in [-0.2, 0) is 11.2 Å². The quantitative estimate of drug-likeness (QED) is 0.812. The van der Waals surface area contributed by atoms with E-state index in [1.54, 1.807) is 0 Å². The van der Waals surface area contributed by atoms with E-state index in [1.807, 2.05) is 24.3 Å². The first kappa shape index (κ1) is 14.4. The third-order valence-corrected chi connectivity index (χ3v) is 4.44. The van der Waals surface area contributed by atoms with E-state index in [9.17, 15) is 4.79 Å². The Morgan fingerprint density at radius 1 is 1.32 bits per heavy atom. The molecular weight excluding hydrogens is 254 g/mol. The summed E-state index contributed by atoms with van der Waals surface area (Å²) in [5.41, 5.74) is 1.27. The molecule has 1 fully saturated rings. The second kappa shape index (κ2) is 6.00. The minimum Gasteiger partial charge on any atom is -0.353 e. The molecule has 1 N–H and O–H groups in total. The molecule has 0 aromatic heterocycles. The highest BCUT2D eigenvalue weighted by molar-refractivity contribution is 7.80. The zero-order valence-corrected chi connectivity index (χ0v) is 12.7. The van der Waals surface area contributed by atoms with E-state index >= 15 is 0 Å². The molecule has 1 amide bonds. The summed E-state index contributed by atoms with van der Waals surface area (Å²) in [6, 6.07) is 8.10. The minimum atomic E-state index is 0.131. The summed E-state index contributed by atoms with van der Waals surface area (Å²) in [6.07, 6.45) is 5.27. The molecule has 1 saturated carbocycles. The van der Waals surface area contributed by atoms with Crippen molar-refractivity contribution in [3.8, 4) is 0 Å². The Morgan fingerprint density at radius 2 is 2.00 bits per heavy atom. The monoisotopic (exact) mass is 277 g/mol. The van der Waals surface area contributed by atoms with Crippen LogP contribution in [0.3, 0.4) is 0 Å². The maximum atomic E-state index is 12.1. The van der Waals surface area contributed by atoms with Gasteiger partial charge >= 0.3 is 0 Å². The number of amides is 1. The van der Waals surface area contributed by atoms with E-state index in [2.05, 4.69) is 31.8 Å². The number of thiol groups is 1. The lowest BCUT2D eigenvalue weighted by molar-refractivity contribution is -0.122. The number of rotatable bonds is 3. The number of carbonyl (C=O) groups is 1. The van der Waals surface area contributed by atoms with Crippen LogP contribution >= 0.6 is 12.6 Å². The van der Waals surface area contributed by atoms with Gasteiger partial charge in [0.15, 0.2) is 0 Å². The minimum absolute atomic E-state index is 0.131. The zero-order chi connectivity index (χ0) is 13.9. The van der Waals surface area contributed by atoms with Crippen LogP contribution in [0.15, 0.2) is 29.2 Å². The maximum Gasteiger partial charge on any atom is 0.224 e. The van der Waals surface area contributed by atoms with Gasteiger partial charge in [-0.15, -0.1) is 12.6 Å². The normalized spacial score (nSPS) is 21.9. The van der Waals surface area contributed by atoms with Gasteiger partial charge in [-0.05, 0) is 36.0 Å². The first-order chi connectivity index (χ1) is 8.97. The summed E-state index contributed by atoms with van der Waals surface area (Å²) in [5, 5.41) is 3.21. The Balaban J connectivity index is 1.92. The molecule has 2 nitrogen and oxygen atoms in total. The molecule has 1 aromatic carbocycles. The largest absolute Gasteiger partial charge is 0.353 e. The first-order valence-electron chi connectivity index (χ1n) is 7.05. The molecule has 1 aliphatic rings. The topological polar surface area (TPSA) is 29.1 Å². The molecular formula is C16H23NOS. The van der Waals surface area contributed by atoms with Gasteiger partial charge in [0.25, 0.3) is 0 Å². The van der Waals surface area contributed by atoms with Gasteiger partial charge in [-0.25, -0.2) is 0 Å². The highest BCUT2D eigenvalue weighted by atomic mass is 32.1. The van der Waals surface area contributed by atoms with Crippen molar-refractivity contribution in [2.45, 2.75) is 56.9 Å². The van der Waals surface area contributed by atoms with E-state index in [-0.39, 0.29) is 11.3 Å². The second-order valence-electron chi connectivity index (χ2n) is 6.20. The smallest absolute Gasteiger partial charge is 0.224 e. The Morgan fingerprint density at radius 3 is 2.63 bits per heavy atom. The molecule has 0 saturated heterocycles. The molecule has 19 heavy (non-hydrogen) atoms. The number of hydrogen-bond donors (Lipinski definition) is 2. The van der Waals surface area contributed by atoms with E-state index < -0.39 is 0 Å². The number of carbonyl (C=O) groups excluding carboxylic acids is 1. The molecule has 0 radical (unpaired) electrons. The fourth-order valence-electron chi connectivity index (χ4n) is 2.81. The third-order valence-electron chi connectivity index (χ3n) is 4.14. The van der Waals surface area contributed by atoms with Crippen LogP contribution in [0.1, 0.15) is 45.1 Å². The van der Waals surface area contributed by atoms with Gasteiger partial charge in [-0.2, -0.15) is 0 Å². The van der Waals surface area contributed by atoms with Crippen LogP contribution in [0, 0.1) is 5.41 Å². The van der Waals surface area contributed by atoms with Gasteiger partial charge in [-0.1, -0.05) is 38.8 Å². The lowest BCUT2D eigenvalue weighted by Gasteiger charge is -2.39. The van der Waals surface area contributed by atoms with Gasteiger partial charge < -0.3 is 5.32 Å². The van der Waals surface area contributed by atoms with Crippen LogP contribution in [0.25, 0.3) is 0 Å². The molecule has 0 aliphatic heterocycles. The van der Waals surface area contributed by atoms with Gasteiger partial charge in [0.05, 0.1) is 6.42 Å². The SMILES string of the molecule is CC1(C)CCCCC1NC(=O)Cc1ccc(S)cc1. The lowest BCUT2D eigenvalue weighted by atomic mass is 9.73. The number of nitrogens with one attached hydrogen (secondary N) is 1. The number of hydrogen-bond acceptors (Lipinski definition) is 2. The van der Waals surface area contributed by atoms with Gasteiger partial charge in [0.1, 0.15) is 0 Å². The van der Waals surface area contributed by atoms with Crippen molar-refractivity contribution in [3.05, 3.63) is 29.8 Å². The summed E-state index contributed by atoms with van der Waals surface area (Å²) in [7, 11) is 0. The van der Waals surface area contributed by atoms with Gasteiger partial charge in [0, 0.05) is 10.9 Å². The summed E-state index contributed by atoms with van der Waals surface area (Å²) in [6.45, 7) is 4.51. The summed E-state index contributed by atoms with van der Waals surface area (Å²) >= 11 is 4.25. The molecule has 3 heteroatoms. The van der Waals surface area contributed by atoms with Crippen LogP contribution in [-0.4, -0.2) is 11.9 Å². The van der Waals surface area contributed by atoms with Crippen LogP contribution in [0.4, 0.5) is 0 Å². The molecule has 0 bridgehead atoms. The standard InChI is InChI=1S/C16H23NOS/c1-16(2)10-4-3-5-14(16)17-15(18)11-12-6-8-13(19)9-7-12/h6-9,14,19H,3-5,10-11H2,1-2H3,(H,17,18). The van der Waals surface area contributed by atoms with Crippen molar-refractivity contribution < 1.29 is 4.79 Å². The highest BCUT2D eigenvalue weighted by Crippen LogP contribution is 2.35. The first-order valence-corrected chi connectivity index (χ1v) is 7.49. The van der Waals surface area contributed by atoms with Crippen molar-refractivity contribution in [1.29, 1.82) is 0 Å². The predicted octanol–water partition coefficient (Wildman–Crippen LogP) is 3.60. The van der Waals surface area contributed by atoms with E-state index in [1.165, 1.54) is 19.3 Å². The van der Waals surface area contributed by atoms with Crippen LogP contribution < -0.4 is 5.32 Å². The van der Waals surface area contributed by atoms with E-state index in [0.29, 0.717) is 12.5 Å². The Hall–Kier alpha value is -0.960. The summed E-state index contributed by atoms with van der Waals surface area (Å²) in [5.74, 6) is 0.131. The molecule has 1 atom stereocenters. The number of benzene rings is 1. The van der Waals surface area contributed by atoms with E-state index in [4.69, 9.17) is 0 Å². The molecule has 1 unspecified atom stereocenters. The molecule has 0 spiro atoms. The molecule has 104 valence electrons. The fraction of sp³-hybridized carbons (Fsp3) is 0.562. The molecule has 1 aromatic rings. The third kappa shape index (κ3) is 4.00. The molecule has 2 rings (SSSR count). The van der Waals surface area contributed by atoms with Crippen molar-refractivity contribution in [2.75, 3.05) is 0 Å². The van der Waals surface area contributed by atoms with Crippen molar-refractivity contribution in [3.63, 3.8) is 0 Å². The van der Waals surface area contributed by atoms with Gasteiger partial charge in [0.2, 0.25) is 5.91 Å². The lowest BCUT2D eigenvalue weighted by Crippen LogP contribution is -2.47. The second-order valence-corrected chi connectivity index (χ2v) is 6.71. The maximum absolute atomic E-state index is 12.1. The average molecular weight is 277 g/mol. The van der Waals surface area contributed by atoms with Crippen molar-refractivity contribution in [2.24, 2.45) is 5.41 Å². The summed E-state index contributed by atoms with van der Waals surface area (Å²) in [4.78, 5) is 13.1. The average Bonchev–Trinajstić information content (AvgIpc) is 2.35. The van der Waals surface area contributed by atoms with Crippen molar-refractivity contribution >= 4 is 18.5 Å². The molecule has 0 heterocycles. The summed E-state index contributed by atoms with van der Waals surface area (Å²) < 4.78 is 0. The predicted molar refractivity (Wildman–Crippen MR) is 81.6 cm³/mol. The molecule has 1 aliphatic carbocycles. The van der Waals surface area contributed by atoms with Crippen LogP contribution in [0.5, 0.6) is 0 Å². The Labute approximate surface area is 121 Å². The van der Waals surface area contributed by atoms with Crippen LogP contribution in [0.2, 0.25) is 0 Å². The fourth-order valence-corrected chi connectivity index (χ4v) is 2.96. The Kier molecular flexibility index (Phi) is 4.56. The zero-order valence-electron chi connectivity index (χ0n) is 11.8. The Bertz CT molecular complexity index is 439. The highest BCUT2D eigenvalue weighted by Gasteiger charge is 2.32.